The van der Waals surface area contributed by atoms with E-state index < -0.39 is 0 Å². The predicted molar refractivity (Wildman–Crippen MR) is 99.4 cm³/mol. The Bertz CT molecular complexity index is 892. The number of aryl methyl sites for hydroxylation is 1. The van der Waals surface area contributed by atoms with Gasteiger partial charge in [0.2, 0.25) is 0 Å². The van der Waals surface area contributed by atoms with Gasteiger partial charge >= 0.3 is 0 Å². The van der Waals surface area contributed by atoms with E-state index in [2.05, 4.69) is 4.98 Å². The Morgan fingerprint density at radius 3 is 2.44 bits per heavy atom. The molecule has 0 unspecified atom stereocenters. The van der Waals surface area contributed by atoms with Gasteiger partial charge < -0.3 is 4.57 Å². The molecule has 1 aromatic heterocycles. The van der Waals surface area contributed by atoms with Gasteiger partial charge in [0.15, 0.2) is 5.16 Å². The van der Waals surface area contributed by atoms with Gasteiger partial charge in [-0.05, 0) is 30.2 Å². The highest BCUT2D eigenvalue weighted by Gasteiger charge is 2.09. The number of rotatable bonds is 6. The van der Waals surface area contributed by atoms with Gasteiger partial charge in [-0.25, -0.2) is 4.39 Å². The fraction of sp³-hybridized carbons (Fsp3) is 0.200. The normalized spacial score (nSPS) is 10.8. The largest absolute Gasteiger partial charge is 0.327 e. The molecule has 3 nitrogen and oxygen atoms in total. The summed E-state index contributed by atoms with van der Waals surface area (Å²) in [6.07, 6.45) is 2.48. The van der Waals surface area contributed by atoms with Crippen molar-refractivity contribution in [3.8, 4) is 0 Å². The fourth-order valence-corrected chi connectivity index (χ4v) is 3.51. The lowest BCUT2D eigenvalue weighted by molar-refractivity contribution is 0.627. The summed E-state index contributed by atoms with van der Waals surface area (Å²) in [4.78, 5) is 16.7. The van der Waals surface area contributed by atoms with Crippen molar-refractivity contribution in [2.45, 2.75) is 30.8 Å². The van der Waals surface area contributed by atoms with Crippen LogP contribution in [0.25, 0.3) is 0 Å². The molecule has 5 heteroatoms. The first-order valence-corrected chi connectivity index (χ1v) is 9.16. The second-order valence-electron chi connectivity index (χ2n) is 5.72. The first-order chi connectivity index (χ1) is 12.2. The van der Waals surface area contributed by atoms with E-state index in [0.717, 1.165) is 17.7 Å². The van der Waals surface area contributed by atoms with E-state index >= 15 is 0 Å². The lowest BCUT2D eigenvalue weighted by Crippen LogP contribution is -2.19. The van der Waals surface area contributed by atoms with Gasteiger partial charge in [0.25, 0.3) is 5.56 Å². The van der Waals surface area contributed by atoms with Crippen molar-refractivity contribution in [3.63, 3.8) is 0 Å². The van der Waals surface area contributed by atoms with Crippen molar-refractivity contribution in [1.82, 2.24) is 9.55 Å². The Labute approximate surface area is 150 Å². The van der Waals surface area contributed by atoms with E-state index in [1.807, 2.05) is 48.0 Å². The van der Waals surface area contributed by atoms with E-state index in [4.69, 9.17) is 0 Å². The molecule has 3 aromatic rings. The van der Waals surface area contributed by atoms with Crippen molar-refractivity contribution in [3.05, 3.63) is 93.7 Å². The predicted octanol–water partition coefficient (Wildman–Crippen LogP) is 4.29. The van der Waals surface area contributed by atoms with Gasteiger partial charge in [0.1, 0.15) is 5.82 Å². The Morgan fingerprint density at radius 2 is 1.76 bits per heavy atom. The maximum Gasteiger partial charge on any atom is 0.277 e. The second kappa shape index (κ2) is 8.12. The van der Waals surface area contributed by atoms with Crippen LogP contribution in [0.1, 0.15) is 23.6 Å². The number of thioether (sulfide) groups is 1. The number of hydrogen-bond acceptors (Lipinski definition) is 3. The van der Waals surface area contributed by atoms with Crippen molar-refractivity contribution in [1.29, 1.82) is 0 Å². The number of nitrogens with zero attached hydrogens (tertiary/aromatic N) is 2. The van der Waals surface area contributed by atoms with Crippen LogP contribution in [0.5, 0.6) is 0 Å². The van der Waals surface area contributed by atoms with Gasteiger partial charge in [0.05, 0.1) is 0 Å². The third-order valence-corrected chi connectivity index (χ3v) is 4.95. The summed E-state index contributed by atoms with van der Waals surface area (Å²) in [5, 5.41) is 0.689. The molecule has 3 rings (SSSR count). The zero-order valence-corrected chi connectivity index (χ0v) is 14.8. The van der Waals surface area contributed by atoms with E-state index in [9.17, 15) is 9.18 Å². The number of hydrogen-bond donors (Lipinski definition) is 0. The summed E-state index contributed by atoms with van der Waals surface area (Å²) in [6, 6.07) is 16.3. The van der Waals surface area contributed by atoms with Crippen LogP contribution in [0, 0.1) is 5.82 Å². The molecule has 0 N–H and O–H groups in total. The molecule has 0 amide bonds. The van der Waals surface area contributed by atoms with Crippen molar-refractivity contribution in [2.24, 2.45) is 0 Å². The highest BCUT2D eigenvalue weighted by atomic mass is 32.2. The average molecular weight is 354 g/mol. The summed E-state index contributed by atoms with van der Waals surface area (Å²) in [5.41, 5.74) is 2.60. The minimum Gasteiger partial charge on any atom is -0.327 e. The highest BCUT2D eigenvalue weighted by Crippen LogP contribution is 2.21. The van der Waals surface area contributed by atoms with E-state index in [0.29, 0.717) is 22.9 Å². The van der Waals surface area contributed by atoms with Gasteiger partial charge in [-0.2, -0.15) is 4.98 Å². The van der Waals surface area contributed by atoms with Gasteiger partial charge in [-0.1, -0.05) is 54.2 Å². The lowest BCUT2D eigenvalue weighted by Gasteiger charge is -2.12. The van der Waals surface area contributed by atoms with Crippen LogP contribution in [0.3, 0.4) is 0 Å². The first kappa shape index (κ1) is 17.4. The molecule has 0 aliphatic carbocycles. The van der Waals surface area contributed by atoms with Crippen LogP contribution < -0.4 is 5.56 Å². The number of aromatic nitrogens is 2. The summed E-state index contributed by atoms with van der Waals surface area (Å²) in [7, 11) is 0. The Morgan fingerprint density at radius 1 is 1.04 bits per heavy atom. The molecule has 0 saturated carbocycles. The standard InChI is InChI=1S/C20H19FN2OS/c1-2-23-13-17(12-15-6-4-3-5-7-15)19(24)22-20(23)25-14-16-8-10-18(21)11-9-16/h3-11,13H,2,12,14H2,1H3. The lowest BCUT2D eigenvalue weighted by atomic mass is 10.1. The molecule has 0 spiro atoms. The third-order valence-electron chi connectivity index (χ3n) is 3.89. The molecule has 0 fully saturated rings. The molecule has 0 radical (unpaired) electrons. The minimum atomic E-state index is -0.248. The van der Waals surface area contributed by atoms with Crippen molar-refractivity contribution >= 4 is 11.8 Å². The summed E-state index contributed by atoms with van der Waals surface area (Å²) in [5.74, 6) is 0.396. The van der Waals surface area contributed by atoms with Crippen LogP contribution in [0.2, 0.25) is 0 Å². The molecule has 0 bridgehead atoms. The van der Waals surface area contributed by atoms with Gasteiger partial charge in [-0.3, -0.25) is 4.79 Å². The van der Waals surface area contributed by atoms with Crippen LogP contribution in [0.15, 0.2) is 70.7 Å². The fourth-order valence-electron chi connectivity index (χ4n) is 2.53. The highest BCUT2D eigenvalue weighted by molar-refractivity contribution is 7.98. The van der Waals surface area contributed by atoms with Crippen LogP contribution in [0.4, 0.5) is 4.39 Å². The molecular formula is C20H19FN2OS. The van der Waals surface area contributed by atoms with Crippen LogP contribution in [-0.2, 0) is 18.7 Å². The first-order valence-electron chi connectivity index (χ1n) is 8.17. The third kappa shape index (κ3) is 4.57. The summed E-state index contributed by atoms with van der Waals surface area (Å²) < 4.78 is 15.0. The topological polar surface area (TPSA) is 34.9 Å². The Balaban J connectivity index is 1.79. The Kier molecular flexibility index (Phi) is 5.66. The molecule has 2 aromatic carbocycles. The molecule has 0 atom stereocenters. The maximum atomic E-state index is 13.0. The molecule has 25 heavy (non-hydrogen) atoms. The monoisotopic (exact) mass is 354 g/mol. The van der Waals surface area contributed by atoms with Crippen LogP contribution >= 0.6 is 11.8 Å². The molecule has 0 aliphatic rings. The Hall–Kier alpha value is -2.40. The second-order valence-corrected chi connectivity index (χ2v) is 6.66. The maximum absolute atomic E-state index is 13.0. The molecular weight excluding hydrogens is 335 g/mol. The quantitative estimate of drug-likeness (QED) is 0.489. The van der Waals surface area contributed by atoms with Crippen molar-refractivity contribution in [2.75, 3.05) is 0 Å². The van der Waals surface area contributed by atoms with E-state index in [-0.39, 0.29) is 11.4 Å². The SMILES string of the molecule is CCn1cc(Cc2ccccc2)c(=O)nc1SCc1ccc(F)cc1. The average Bonchev–Trinajstić information content (AvgIpc) is 2.64. The van der Waals surface area contributed by atoms with Crippen molar-refractivity contribution < 1.29 is 4.39 Å². The minimum absolute atomic E-state index is 0.185. The summed E-state index contributed by atoms with van der Waals surface area (Å²) >= 11 is 1.49. The number of benzene rings is 2. The molecule has 128 valence electrons. The molecule has 0 aliphatic heterocycles. The van der Waals surface area contributed by atoms with E-state index in [1.54, 1.807) is 12.1 Å². The van der Waals surface area contributed by atoms with Gasteiger partial charge in [0, 0.05) is 30.5 Å². The zero-order valence-electron chi connectivity index (χ0n) is 14.0. The molecule has 0 saturated heterocycles. The zero-order chi connectivity index (χ0) is 17.6. The number of halogens is 1. The van der Waals surface area contributed by atoms with Crippen LogP contribution in [-0.4, -0.2) is 9.55 Å². The smallest absolute Gasteiger partial charge is 0.277 e. The van der Waals surface area contributed by atoms with Gasteiger partial charge in [-0.15, -0.1) is 0 Å². The summed E-state index contributed by atoms with van der Waals surface area (Å²) in [6.45, 7) is 2.77. The molecule has 1 heterocycles. The van der Waals surface area contributed by atoms with E-state index in [1.165, 1.54) is 23.9 Å².